The summed E-state index contributed by atoms with van der Waals surface area (Å²) < 4.78 is 25.5. The summed E-state index contributed by atoms with van der Waals surface area (Å²) in [6, 6.07) is 24.0. The van der Waals surface area contributed by atoms with Crippen LogP contribution in [0.2, 0.25) is 0 Å². The highest BCUT2D eigenvalue weighted by molar-refractivity contribution is 7.32. The molecule has 0 N–H and O–H groups in total. The first-order chi connectivity index (χ1) is 25.9. The predicted octanol–water partition coefficient (Wildman–Crippen LogP) is 14.1. The third-order valence-corrected chi connectivity index (χ3v) is 15.6. The maximum atomic E-state index is 11.3. The molecular weight excluding hydrogens is 773 g/mol. The Bertz CT molecular complexity index is 2480. The predicted molar refractivity (Wildman–Crippen MR) is 232 cm³/mol. The number of nitrogens with zero attached hydrogens (tertiary/aromatic N) is 2. The Hall–Kier alpha value is -3.71. The minimum Gasteiger partial charge on any atom is -0.494 e. The molecule has 0 spiro atoms. The van der Waals surface area contributed by atoms with Gasteiger partial charge in [-0.05, 0) is 92.8 Å². The first-order valence-electron chi connectivity index (χ1n) is 17.8. The Morgan fingerprint density at radius 1 is 0.660 bits per heavy atom. The minimum atomic E-state index is -0.358. The van der Waals surface area contributed by atoms with E-state index in [2.05, 4.69) is 61.0 Å². The average molecular weight is 811 g/mol. The van der Waals surface area contributed by atoms with E-state index in [4.69, 9.17) is 13.5 Å². The number of hydrogen-bond acceptors (Lipinski definition) is 11. The van der Waals surface area contributed by atoms with Gasteiger partial charge in [-0.2, -0.15) is 8.75 Å². The van der Waals surface area contributed by atoms with Crippen LogP contribution in [-0.4, -0.2) is 28.4 Å². The van der Waals surface area contributed by atoms with Gasteiger partial charge in [0.2, 0.25) is 0 Å². The highest BCUT2D eigenvalue weighted by Gasteiger charge is 2.19. The highest BCUT2D eigenvalue weighted by atomic mass is 32.1. The fraction of sp³-hybridized carbons (Fsp3) is 0.262. The largest absolute Gasteiger partial charge is 0.494 e. The van der Waals surface area contributed by atoms with Gasteiger partial charge in [-0.1, -0.05) is 49.9 Å². The van der Waals surface area contributed by atoms with Crippen LogP contribution in [0.15, 0.2) is 72.8 Å². The number of methoxy groups -OCH3 is 1. The third-order valence-electron chi connectivity index (χ3n) is 9.24. The van der Waals surface area contributed by atoms with E-state index < -0.39 is 0 Å². The molecule has 11 heteroatoms. The molecule has 0 fully saturated rings. The van der Waals surface area contributed by atoms with Crippen LogP contribution in [0.5, 0.6) is 5.75 Å². The van der Waals surface area contributed by atoms with Gasteiger partial charge in [0.25, 0.3) is 0 Å². The topological polar surface area (TPSA) is 61.3 Å². The zero-order valence-electron chi connectivity index (χ0n) is 29.7. The maximum absolute atomic E-state index is 11.3. The lowest BCUT2D eigenvalue weighted by Gasteiger charge is -2.07. The number of ether oxygens (including phenoxy) is 2. The normalized spacial score (nSPS) is 11.9. The van der Waals surface area contributed by atoms with E-state index in [1.54, 1.807) is 6.08 Å². The highest BCUT2D eigenvalue weighted by Crippen LogP contribution is 2.47. The van der Waals surface area contributed by atoms with E-state index in [0.29, 0.717) is 0 Å². The molecule has 0 amide bonds. The standard InChI is InChI=1S/C42H38N2O3S6/c1-25-20-28(10-8-6-4-5-7-9-19-47-29-14-11-27(12-15-29)13-18-39(45)46-3)42(49-25)38-24-37-36(52-38)23-33(51-37)31-17-16-30(40-41(31)44-53-43-40)32-22-35-34(50-32)21-26(2)48-35/h11-18,20-24H,4-10,19H2,1-3H3/b18-13+. The maximum Gasteiger partial charge on any atom is 0.330 e. The van der Waals surface area contributed by atoms with Gasteiger partial charge in [-0.25, -0.2) is 4.79 Å². The first kappa shape index (κ1) is 36.3. The lowest BCUT2D eigenvalue weighted by atomic mass is 10.0. The molecule has 8 aromatic rings. The van der Waals surface area contributed by atoms with Crippen molar-refractivity contribution in [3.8, 4) is 36.4 Å². The molecule has 8 rings (SSSR count). The number of rotatable bonds is 15. The third kappa shape index (κ3) is 8.21. The molecular formula is C42H38N2O3S6. The number of aromatic nitrogens is 2. The Kier molecular flexibility index (Phi) is 11.2. The monoisotopic (exact) mass is 810 g/mol. The van der Waals surface area contributed by atoms with Gasteiger partial charge in [0.15, 0.2) is 0 Å². The fourth-order valence-corrected chi connectivity index (χ4v) is 13.2. The molecule has 0 saturated carbocycles. The van der Waals surface area contributed by atoms with Gasteiger partial charge in [0.05, 0.1) is 25.4 Å². The smallest absolute Gasteiger partial charge is 0.330 e. The molecule has 0 aliphatic carbocycles. The second-order valence-electron chi connectivity index (χ2n) is 13.1. The van der Waals surface area contributed by atoms with Gasteiger partial charge in [0, 0.05) is 65.3 Å². The van der Waals surface area contributed by atoms with Gasteiger partial charge in [-0.15, -0.1) is 56.7 Å². The van der Waals surface area contributed by atoms with Crippen molar-refractivity contribution in [3.05, 3.63) is 93.7 Å². The average Bonchev–Trinajstić information content (AvgIpc) is 4.00. The lowest BCUT2D eigenvalue weighted by molar-refractivity contribution is -0.134. The Balaban J connectivity index is 0.834. The molecule has 0 unspecified atom stereocenters. The van der Waals surface area contributed by atoms with Crippen LogP contribution in [0.1, 0.15) is 59.4 Å². The molecule has 6 aromatic heterocycles. The van der Waals surface area contributed by atoms with Crippen molar-refractivity contribution < 1.29 is 14.3 Å². The van der Waals surface area contributed by atoms with E-state index in [1.165, 1.54) is 122 Å². The summed E-state index contributed by atoms with van der Waals surface area (Å²) in [5, 5.41) is 0. The van der Waals surface area contributed by atoms with Crippen molar-refractivity contribution in [1.29, 1.82) is 0 Å². The summed E-state index contributed by atoms with van der Waals surface area (Å²) in [6.07, 6.45) is 11.5. The van der Waals surface area contributed by atoms with Crippen LogP contribution < -0.4 is 4.74 Å². The SMILES string of the molecule is COC(=O)/C=C/c1ccc(OCCCCCCCCc2cc(C)sc2-c2cc3sc(-c4ccc(-c5cc6sc(C)cc6s5)c5nsnc45)cc3s2)cc1. The number of thiophene rings is 5. The Morgan fingerprint density at radius 3 is 1.92 bits per heavy atom. The molecule has 270 valence electrons. The van der Waals surface area contributed by atoms with Crippen molar-refractivity contribution >= 4 is 110 Å². The fourth-order valence-electron chi connectivity index (χ4n) is 6.62. The number of unbranched alkanes of at least 4 members (excludes halogenated alkanes) is 5. The molecule has 6 heterocycles. The molecule has 2 aromatic carbocycles. The van der Waals surface area contributed by atoms with Crippen molar-refractivity contribution in [2.45, 2.75) is 58.8 Å². The second-order valence-corrected chi connectivity index (χ2v) is 19.4. The van der Waals surface area contributed by atoms with Gasteiger partial charge in [-0.3, -0.25) is 0 Å². The number of hydrogen-bond donors (Lipinski definition) is 0. The summed E-state index contributed by atoms with van der Waals surface area (Å²) >= 11 is 10.7. The summed E-state index contributed by atoms with van der Waals surface area (Å²) in [7, 11) is 1.38. The number of fused-ring (bicyclic) bond motifs is 3. The van der Waals surface area contributed by atoms with Crippen LogP contribution in [0.4, 0.5) is 0 Å². The number of carbonyl (C=O) groups excluding carboxylic acids is 1. The number of esters is 1. The van der Waals surface area contributed by atoms with Crippen LogP contribution in [-0.2, 0) is 16.0 Å². The quantitative estimate of drug-likeness (QED) is 0.0586. The number of benzene rings is 2. The van der Waals surface area contributed by atoms with Crippen molar-refractivity contribution in [2.75, 3.05) is 13.7 Å². The Morgan fingerprint density at radius 2 is 1.25 bits per heavy atom. The molecule has 0 aliphatic heterocycles. The van der Waals surface area contributed by atoms with Crippen LogP contribution in [0, 0.1) is 13.8 Å². The molecule has 53 heavy (non-hydrogen) atoms. The molecule has 0 bridgehead atoms. The zero-order chi connectivity index (χ0) is 36.3. The second kappa shape index (κ2) is 16.3. The molecule has 0 atom stereocenters. The van der Waals surface area contributed by atoms with Gasteiger partial charge < -0.3 is 9.47 Å². The van der Waals surface area contributed by atoms with E-state index in [9.17, 15) is 4.79 Å². The van der Waals surface area contributed by atoms with E-state index >= 15 is 0 Å². The van der Waals surface area contributed by atoms with E-state index in [0.717, 1.165) is 41.8 Å². The minimum absolute atomic E-state index is 0.358. The number of aryl methyl sites for hydroxylation is 3. The molecule has 0 radical (unpaired) electrons. The van der Waals surface area contributed by atoms with E-state index in [1.807, 2.05) is 80.9 Å². The summed E-state index contributed by atoms with van der Waals surface area (Å²) in [5.74, 6) is 0.501. The summed E-state index contributed by atoms with van der Waals surface area (Å²) in [5.41, 5.74) is 6.82. The summed E-state index contributed by atoms with van der Waals surface area (Å²) in [6.45, 7) is 5.14. The van der Waals surface area contributed by atoms with Crippen LogP contribution in [0.25, 0.3) is 66.5 Å². The van der Waals surface area contributed by atoms with Crippen molar-refractivity contribution in [2.24, 2.45) is 0 Å². The van der Waals surface area contributed by atoms with E-state index in [-0.39, 0.29) is 5.97 Å². The number of carbonyl (C=O) groups is 1. The van der Waals surface area contributed by atoms with Crippen LogP contribution >= 0.6 is 68.4 Å². The van der Waals surface area contributed by atoms with Crippen molar-refractivity contribution in [1.82, 2.24) is 8.75 Å². The molecule has 5 nitrogen and oxygen atoms in total. The molecule has 0 saturated heterocycles. The van der Waals surface area contributed by atoms with Crippen LogP contribution in [0.3, 0.4) is 0 Å². The molecule has 0 aliphatic rings. The Labute approximate surface area is 333 Å². The van der Waals surface area contributed by atoms with Gasteiger partial charge >= 0.3 is 5.97 Å². The zero-order valence-corrected chi connectivity index (χ0v) is 34.6. The summed E-state index contributed by atoms with van der Waals surface area (Å²) in [4.78, 5) is 19.4. The van der Waals surface area contributed by atoms with Gasteiger partial charge in [0.1, 0.15) is 16.8 Å². The first-order valence-corrected chi connectivity index (χ1v) is 22.6. The van der Waals surface area contributed by atoms with Crippen molar-refractivity contribution in [3.63, 3.8) is 0 Å². The lowest BCUT2D eigenvalue weighted by Crippen LogP contribution is -1.97.